The van der Waals surface area contributed by atoms with Crippen LogP contribution in [0.2, 0.25) is 0 Å². The highest BCUT2D eigenvalue weighted by Gasteiger charge is 2.36. The molecule has 2 atom stereocenters. The zero-order chi connectivity index (χ0) is 16.4. The number of hydrogen-bond acceptors (Lipinski definition) is 3. The van der Waals surface area contributed by atoms with Crippen molar-refractivity contribution in [3.8, 4) is 0 Å². The van der Waals surface area contributed by atoms with Crippen molar-refractivity contribution < 1.29 is 19.5 Å². The van der Waals surface area contributed by atoms with Gasteiger partial charge in [0.15, 0.2) is 0 Å². The lowest BCUT2D eigenvalue weighted by molar-refractivity contribution is -0.145. The fourth-order valence-electron chi connectivity index (χ4n) is 4.35. The van der Waals surface area contributed by atoms with Crippen molar-refractivity contribution in [1.29, 1.82) is 0 Å². The Morgan fingerprint density at radius 1 is 0.957 bits per heavy atom. The largest absolute Gasteiger partial charge is 0.481 e. The van der Waals surface area contributed by atoms with Crippen molar-refractivity contribution in [3.05, 3.63) is 0 Å². The Bertz CT molecular complexity index is 485. The molecule has 2 amide bonds. The van der Waals surface area contributed by atoms with Crippen molar-refractivity contribution >= 4 is 17.8 Å². The minimum atomic E-state index is -0.770. The highest BCUT2D eigenvalue weighted by Crippen LogP contribution is 2.31. The zero-order valence-electron chi connectivity index (χ0n) is 13.6. The Kier molecular flexibility index (Phi) is 4.87. The molecule has 0 spiro atoms. The van der Waals surface area contributed by atoms with Crippen molar-refractivity contribution in [3.63, 3.8) is 0 Å². The number of carbonyl (C=O) groups excluding carboxylic acids is 2. The number of aliphatic carboxylic acids is 1. The SMILES string of the molecule is O=C(O)C1CCCC(C(=O)N2CCC(N3CCCC3=O)CC2)C1. The van der Waals surface area contributed by atoms with Gasteiger partial charge in [0.1, 0.15) is 0 Å². The van der Waals surface area contributed by atoms with E-state index in [4.69, 9.17) is 5.11 Å². The number of nitrogens with zero attached hydrogens (tertiary/aromatic N) is 2. The van der Waals surface area contributed by atoms with Crippen LogP contribution in [-0.2, 0) is 14.4 Å². The zero-order valence-corrected chi connectivity index (χ0v) is 13.6. The predicted molar refractivity (Wildman–Crippen MR) is 83.6 cm³/mol. The van der Waals surface area contributed by atoms with Crippen LogP contribution < -0.4 is 0 Å². The lowest BCUT2D eigenvalue weighted by atomic mass is 9.80. The van der Waals surface area contributed by atoms with Crippen LogP contribution in [-0.4, -0.2) is 58.4 Å². The first-order valence-electron chi connectivity index (χ1n) is 8.87. The normalized spacial score (nSPS) is 29.8. The number of hydrogen-bond donors (Lipinski definition) is 1. The molecule has 2 heterocycles. The average molecular weight is 322 g/mol. The average Bonchev–Trinajstić information content (AvgIpc) is 3.00. The van der Waals surface area contributed by atoms with E-state index in [1.165, 1.54) is 0 Å². The fourth-order valence-corrected chi connectivity index (χ4v) is 4.35. The second kappa shape index (κ2) is 6.89. The third-order valence-corrected chi connectivity index (χ3v) is 5.70. The van der Waals surface area contributed by atoms with E-state index < -0.39 is 5.97 Å². The topological polar surface area (TPSA) is 77.9 Å². The number of rotatable bonds is 3. The first-order valence-corrected chi connectivity index (χ1v) is 8.87. The standard InChI is InChI=1S/C17H26N2O4/c20-15-5-2-8-19(15)14-6-9-18(10-7-14)16(21)12-3-1-4-13(11-12)17(22)23/h12-14H,1-11H2,(H,22,23). The minimum Gasteiger partial charge on any atom is -0.481 e. The highest BCUT2D eigenvalue weighted by molar-refractivity contribution is 5.81. The number of carbonyl (C=O) groups is 3. The Hall–Kier alpha value is -1.59. The summed E-state index contributed by atoms with van der Waals surface area (Å²) in [5, 5.41) is 9.17. The molecular weight excluding hydrogens is 296 g/mol. The fraction of sp³-hybridized carbons (Fsp3) is 0.824. The Labute approximate surface area is 136 Å². The smallest absolute Gasteiger partial charge is 0.306 e. The molecule has 1 N–H and O–H groups in total. The summed E-state index contributed by atoms with van der Waals surface area (Å²) < 4.78 is 0. The molecule has 0 aromatic heterocycles. The van der Waals surface area contributed by atoms with Crippen LogP contribution in [0.3, 0.4) is 0 Å². The quantitative estimate of drug-likeness (QED) is 0.854. The molecule has 1 saturated carbocycles. The van der Waals surface area contributed by atoms with E-state index in [1.54, 1.807) is 0 Å². The maximum absolute atomic E-state index is 12.7. The molecule has 2 saturated heterocycles. The van der Waals surface area contributed by atoms with E-state index in [1.807, 2.05) is 9.80 Å². The van der Waals surface area contributed by atoms with E-state index in [-0.39, 0.29) is 29.7 Å². The number of likely N-dealkylation sites (tertiary alicyclic amines) is 2. The van der Waals surface area contributed by atoms with Gasteiger partial charge in [-0.2, -0.15) is 0 Å². The van der Waals surface area contributed by atoms with E-state index in [9.17, 15) is 14.4 Å². The van der Waals surface area contributed by atoms with Crippen molar-refractivity contribution in [2.75, 3.05) is 19.6 Å². The molecule has 3 fully saturated rings. The monoisotopic (exact) mass is 322 g/mol. The molecule has 2 aliphatic heterocycles. The van der Waals surface area contributed by atoms with Gasteiger partial charge < -0.3 is 14.9 Å². The van der Waals surface area contributed by atoms with Crippen LogP contribution in [0.1, 0.15) is 51.4 Å². The first kappa shape index (κ1) is 16.3. The Morgan fingerprint density at radius 3 is 2.26 bits per heavy atom. The maximum atomic E-state index is 12.7. The van der Waals surface area contributed by atoms with Gasteiger partial charge in [-0.25, -0.2) is 0 Å². The van der Waals surface area contributed by atoms with Gasteiger partial charge in [0.05, 0.1) is 5.92 Å². The van der Waals surface area contributed by atoms with E-state index in [0.717, 1.165) is 38.6 Å². The lowest BCUT2D eigenvalue weighted by Gasteiger charge is -2.39. The summed E-state index contributed by atoms with van der Waals surface area (Å²) in [6, 6.07) is 0.284. The summed E-state index contributed by atoms with van der Waals surface area (Å²) in [5.41, 5.74) is 0. The van der Waals surface area contributed by atoms with Crippen molar-refractivity contribution in [2.45, 2.75) is 57.4 Å². The third-order valence-electron chi connectivity index (χ3n) is 5.70. The molecular formula is C17H26N2O4. The summed E-state index contributed by atoms with van der Waals surface area (Å²) >= 11 is 0. The van der Waals surface area contributed by atoms with Gasteiger partial charge in [0.25, 0.3) is 0 Å². The van der Waals surface area contributed by atoms with Gasteiger partial charge in [-0.05, 0) is 38.5 Å². The van der Waals surface area contributed by atoms with Crippen LogP contribution in [0.4, 0.5) is 0 Å². The molecule has 0 aromatic rings. The van der Waals surface area contributed by atoms with E-state index in [2.05, 4.69) is 0 Å². The maximum Gasteiger partial charge on any atom is 0.306 e. The molecule has 0 radical (unpaired) electrons. The number of carboxylic acid groups (broad SMARTS) is 1. The summed E-state index contributed by atoms with van der Waals surface area (Å²) in [5.74, 6) is -0.880. The molecule has 6 heteroatoms. The van der Waals surface area contributed by atoms with E-state index in [0.29, 0.717) is 32.4 Å². The van der Waals surface area contributed by atoms with Crippen molar-refractivity contribution in [1.82, 2.24) is 9.80 Å². The molecule has 3 aliphatic rings. The molecule has 0 bridgehead atoms. The van der Waals surface area contributed by atoms with Gasteiger partial charge >= 0.3 is 5.97 Å². The van der Waals surface area contributed by atoms with Gasteiger partial charge in [0.2, 0.25) is 11.8 Å². The Balaban J connectivity index is 1.52. The van der Waals surface area contributed by atoms with Crippen molar-refractivity contribution in [2.24, 2.45) is 11.8 Å². The van der Waals surface area contributed by atoms with Gasteiger partial charge in [-0.3, -0.25) is 14.4 Å². The van der Waals surface area contributed by atoms with Crippen LogP contribution in [0.5, 0.6) is 0 Å². The lowest BCUT2D eigenvalue weighted by Crippen LogP contribution is -2.49. The second-order valence-electron chi connectivity index (χ2n) is 7.15. The van der Waals surface area contributed by atoms with Gasteiger partial charge in [-0.1, -0.05) is 6.42 Å². The molecule has 128 valence electrons. The summed E-state index contributed by atoms with van der Waals surface area (Å²) in [6.45, 7) is 2.25. The molecule has 3 rings (SSSR count). The second-order valence-corrected chi connectivity index (χ2v) is 7.15. The van der Waals surface area contributed by atoms with Crippen LogP contribution in [0.25, 0.3) is 0 Å². The van der Waals surface area contributed by atoms with Crippen LogP contribution in [0, 0.1) is 11.8 Å². The summed E-state index contributed by atoms with van der Waals surface area (Å²) in [4.78, 5) is 39.5. The third kappa shape index (κ3) is 3.51. The van der Waals surface area contributed by atoms with Crippen LogP contribution >= 0.6 is 0 Å². The molecule has 2 unspecified atom stereocenters. The number of piperidine rings is 1. The van der Waals surface area contributed by atoms with Crippen LogP contribution in [0.15, 0.2) is 0 Å². The predicted octanol–water partition coefficient (Wildman–Crippen LogP) is 1.49. The Morgan fingerprint density at radius 2 is 1.65 bits per heavy atom. The van der Waals surface area contributed by atoms with Gasteiger partial charge in [-0.15, -0.1) is 0 Å². The first-order chi connectivity index (χ1) is 11.1. The molecule has 0 aromatic carbocycles. The highest BCUT2D eigenvalue weighted by atomic mass is 16.4. The number of carboxylic acids is 1. The summed E-state index contributed by atoms with van der Waals surface area (Å²) in [6.07, 6.45) is 6.14. The summed E-state index contributed by atoms with van der Waals surface area (Å²) in [7, 11) is 0. The van der Waals surface area contributed by atoms with Gasteiger partial charge in [0, 0.05) is 38.0 Å². The molecule has 6 nitrogen and oxygen atoms in total. The number of amides is 2. The van der Waals surface area contributed by atoms with E-state index >= 15 is 0 Å². The minimum absolute atomic E-state index is 0.127. The molecule has 1 aliphatic carbocycles. The molecule has 23 heavy (non-hydrogen) atoms.